The summed E-state index contributed by atoms with van der Waals surface area (Å²) in [7, 11) is 0. The highest BCUT2D eigenvalue weighted by atomic mass is 19.4. The second-order valence-corrected chi connectivity index (χ2v) is 4.30. The van der Waals surface area contributed by atoms with Crippen molar-refractivity contribution in [1.29, 1.82) is 0 Å². The van der Waals surface area contributed by atoms with Crippen LogP contribution in [0.2, 0.25) is 0 Å². The first-order valence-electron chi connectivity index (χ1n) is 5.88. The molecule has 1 heterocycles. The molecule has 1 aromatic heterocycles. The lowest BCUT2D eigenvalue weighted by Crippen LogP contribution is -2.60. The molecular weight excluding hydrogens is 356 g/mol. The van der Waals surface area contributed by atoms with Gasteiger partial charge in [0.1, 0.15) is 0 Å². The number of nitrogens with zero attached hydrogens (tertiary/aromatic N) is 1. The number of rotatable bonds is 4. The minimum Gasteiger partial charge on any atom is -0.477 e. The van der Waals surface area contributed by atoms with Gasteiger partial charge >= 0.3 is 30.2 Å². The monoisotopic (exact) mass is 364 g/mol. The largest absolute Gasteiger partial charge is 0.477 e. The Labute approximate surface area is 128 Å². The Balaban J connectivity index is 0.000000267. The lowest BCUT2D eigenvalue weighted by atomic mass is 10.1. The number of para-hydroxylation sites is 2. The minimum absolute atomic E-state index is 1.03. The topological polar surface area (TPSA) is 66.0 Å². The third-order valence-corrected chi connectivity index (χ3v) is 2.68. The summed E-state index contributed by atoms with van der Waals surface area (Å²) in [5.41, 5.74) is 2.12. The predicted octanol–water partition coefficient (Wildman–Crippen LogP) is 3.80. The van der Waals surface area contributed by atoms with E-state index in [1.807, 2.05) is 24.3 Å². The minimum atomic E-state index is -6.68. The van der Waals surface area contributed by atoms with Gasteiger partial charge in [0, 0.05) is 0 Å². The van der Waals surface area contributed by atoms with Crippen molar-refractivity contribution in [2.45, 2.75) is 24.2 Å². The number of benzene rings is 1. The Bertz CT molecular complexity index is 671. The number of nitrogens with one attached hydrogen (secondary N) is 1. The zero-order valence-corrected chi connectivity index (χ0v) is 11.3. The van der Waals surface area contributed by atoms with Gasteiger partial charge in [0.05, 0.1) is 17.4 Å². The summed E-state index contributed by atoms with van der Waals surface area (Å²) in [5, 5.41) is 7.51. The van der Waals surface area contributed by atoms with Crippen LogP contribution in [-0.2, 0) is 4.79 Å². The summed E-state index contributed by atoms with van der Waals surface area (Å²) in [6, 6.07) is 7.94. The van der Waals surface area contributed by atoms with E-state index in [4.69, 9.17) is 5.11 Å². The van der Waals surface area contributed by atoms with Gasteiger partial charge in [-0.3, -0.25) is 0 Å². The summed E-state index contributed by atoms with van der Waals surface area (Å²) in [6.45, 7) is 0. The number of aromatic amines is 1. The number of carboxylic acids is 1. The number of hydrogen-bond donors (Lipinski definition) is 2. The van der Waals surface area contributed by atoms with Gasteiger partial charge in [0.25, 0.3) is 0 Å². The fourth-order valence-electron chi connectivity index (χ4n) is 1.36. The van der Waals surface area contributed by atoms with Crippen LogP contribution in [0.5, 0.6) is 0 Å². The molecule has 0 spiro atoms. The Hall–Kier alpha value is -2.40. The van der Waals surface area contributed by atoms with Crippen LogP contribution in [0, 0.1) is 0 Å². The molecule has 2 aromatic rings. The van der Waals surface area contributed by atoms with E-state index >= 15 is 0 Å². The highest BCUT2D eigenvalue weighted by Gasteiger charge is 2.78. The van der Waals surface area contributed by atoms with Crippen molar-refractivity contribution in [3.63, 3.8) is 0 Å². The second-order valence-electron chi connectivity index (χ2n) is 4.30. The van der Waals surface area contributed by atoms with Crippen LogP contribution in [0.3, 0.4) is 0 Å². The van der Waals surface area contributed by atoms with E-state index in [1.165, 1.54) is 0 Å². The summed E-state index contributed by atoms with van der Waals surface area (Å²) in [5.74, 6) is -23.0. The van der Waals surface area contributed by atoms with Crippen LogP contribution >= 0.6 is 0 Å². The maximum absolute atomic E-state index is 12.1. The highest BCUT2D eigenvalue weighted by Crippen LogP contribution is 2.48. The van der Waals surface area contributed by atoms with Crippen LogP contribution < -0.4 is 0 Å². The number of alkyl halides is 8. The summed E-state index contributed by atoms with van der Waals surface area (Å²) >= 11 is 0. The molecule has 0 amide bonds. The van der Waals surface area contributed by atoms with Crippen LogP contribution in [0.4, 0.5) is 35.1 Å². The maximum atomic E-state index is 12.1. The molecule has 1 aromatic carbocycles. The number of hydrogen-bond acceptors (Lipinski definition) is 2. The van der Waals surface area contributed by atoms with Crippen LogP contribution in [0.1, 0.15) is 0 Å². The molecule has 0 aliphatic rings. The zero-order valence-electron chi connectivity index (χ0n) is 11.3. The van der Waals surface area contributed by atoms with Crippen molar-refractivity contribution in [2.75, 3.05) is 0 Å². The van der Waals surface area contributed by atoms with Gasteiger partial charge in [0.2, 0.25) is 0 Å². The fourth-order valence-corrected chi connectivity index (χ4v) is 1.36. The number of halogens is 8. The van der Waals surface area contributed by atoms with Crippen LogP contribution in [-0.4, -0.2) is 45.2 Å². The smallest absolute Gasteiger partial charge is 0.410 e. The quantitative estimate of drug-likeness (QED) is 0.811. The van der Waals surface area contributed by atoms with E-state index in [-0.39, 0.29) is 0 Å². The second kappa shape index (κ2) is 6.61. The third kappa shape index (κ3) is 3.41. The molecule has 0 aliphatic carbocycles. The van der Waals surface area contributed by atoms with E-state index in [0.29, 0.717) is 0 Å². The van der Waals surface area contributed by atoms with Gasteiger partial charge in [0.15, 0.2) is 0 Å². The first-order valence-corrected chi connectivity index (χ1v) is 5.88. The molecule has 0 fully saturated rings. The number of carboxylic acid groups (broad SMARTS) is 1. The molecule has 2 rings (SSSR count). The van der Waals surface area contributed by atoms with Gasteiger partial charge in [-0.25, -0.2) is 18.6 Å². The highest BCUT2D eigenvalue weighted by molar-refractivity contribution is 5.77. The Morgan fingerprint density at radius 2 is 1.62 bits per heavy atom. The van der Waals surface area contributed by atoms with Crippen molar-refractivity contribution in [2.24, 2.45) is 0 Å². The van der Waals surface area contributed by atoms with Crippen molar-refractivity contribution >= 4 is 17.0 Å². The average molecular weight is 364 g/mol. The average Bonchev–Trinajstić information content (AvgIpc) is 2.95. The molecular formula is C12H8F8N2O2. The van der Waals surface area contributed by atoms with E-state index in [2.05, 4.69) is 9.97 Å². The number of fused-ring (bicyclic) bond motifs is 1. The fraction of sp³-hybridized carbons (Fsp3) is 0.333. The molecule has 4 nitrogen and oxygen atoms in total. The summed E-state index contributed by atoms with van der Waals surface area (Å²) in [6.07, 6.45) is -3.41. The Morgan fingerprint density at radius 3 is 2.08 bits per heavy atom. The zero-order chi connectivity index (χ0) is 18.8. The van der Waals surface area contributed by atoms with Gasteiger partial charge in [-0.2, -0.15) is 26.3 Å². The molecule has 0 saturated carbocycles. The Morgan fingerprint density at radius 1 is 1.08 bits per heavy atom. The molecule has 134 valence electrons. The van der Waals surface area contributed by atoms with E-state index in [0.717, 1.165) is 11.0 Å². The van der Waals surface area contributed by atoms with E-state index < -0.39 is 30.2 Å². The first kappa shape index (κ1) is 19.6. The van der Waals surface area contributed by atoms with Crippen molar-refractivity contribution in [3.8, 4) is 0 Å². The molecule has 0 unspecified atom stereocenters. The van der Waals surface area contributed by atoms with Gasteiger partial charge < -0.3 is 10.1 Å². The van der Waals surface area contributed by atoms with Crippen LogP contribution in [0.15, 0.2) is 30.6 Å². The molecule has 0 aliphatic heterocycles. The predicted molar refractivity (Wildman–Crippen MR) is 64.6 cm³/mol. The maximum Gasteiger partial charge on any atom is 0.410 e. The number of aliphatic carboxylic acids is 1. The molecule has 0 bridgehead atoms. The normalized spacial score (nSPS) is 12.9. The van der Waals surface area contributed by atoms with Gasteiger partial charge in [-0.15, -0.1) is 0 Å². The van der Waals surface area contributed by atoms with Gasteiger partial charge in [-0.05, 0) is 12.1 Å². The van der Waals surface area contributed by atoms with Crippen molar-refractivity contribution in [1.82, 2.24) is 9.97 Å². The number of imidazole rings is 1. The van der Waals surface area contributed by atoms with E-state index in [9.17, 15) is 39.9 Å². The lowest BCUT2D eigenvalue weighted by molar-refractivity contribution is -0.331. The molecule has 0 radical (unpaired) electrons. The number of H-pyrrole nitrogens is 1. The summed E-state index contributed by atoms with van der Waals surface area (Å²) < 4.78 is 94.8. The van der Waals surface area contributed by atoms with Crippen molar-refractivity contribution in [3.05, 3.63) is 30.6 Å². The first-order chi connectivity index (χ1) is 10.9. The number of carbonyl (C=O) groups is 1. The molecule has 24 heavy (non-hydrogen) atoms. The summed E-state index contributed by atoms with van der Waals surface area (Å²) in [4.78, 5) is 16.6. The van der Waals surface area contributed by atoms with Crippen LogP contribution in [0.25, 0.3) is 11.0 Å². The third-order valence-electron chi connectivity index (χ3n) is 2.68. The standard InChI is InChI=1S/C7H6N2.C5H2F8O2/c1-2-4-7-6(3-1)8-5-9-7;6-1(7)3(8,9)5(12,13)4(10,11)2(14)15/h1-5H,(H,8,9);1H,(H,14,15). The van der Waals surface area contributed by atoms with E-state index in [1.54, 1.807) is 6.33 Å². The van der Waals surface area contributed by atoms with Crippen molar-refractivity contribution < 1.29 is 45.0 Å². The Kier molecular flexibility index (Phi) is 5.41. The number of aromatic nitrogens is 2. The molecule has 0 saturated heterocycles. The molecule has 12 heteroatoms. The molecule has 0 atom stereocenters. The molecule has 2 N–H and O–H groups in total. The lowest BCUT2D eigenvalue weighted by Gasteiger charge is -2.29. The van der Waals surface area contributed by atoms with Gasteiger partial charge in [-0.1, -0.05) is 12.1 Å². The SMILES string of the molecule is O=C(O)C(F)(F)C(F)(F)C(F)(F)C(F)F.c1ccc2[nH]cnc2c1.